The average molecular weight is 418 g/mol. The molecule has 3 rings (SSSR count). The standard InChI is InChI=1S/C18H23N3O2S.2ClH/c1-2-23-14-8-6-12(7-9-14)18-21-16(11-24-18)17(22)20-15-5-3-4-13(15)10-19;;/h6-9,11,13,15H,2-5,10,19H2,1H3,(H,20,22);2*1H. The third-order valence-electron chi connectivity index (χ3n) is 4.43. The van der Waals surface area contributed by atoms with Crippen LogP contribution in [0.3, 0.4) is 0 Å². The van der Waals surface area contributed by atoms with Crippen LogP contribution in [-0.2, 0) is 0 Å². The van der Waals surface area contributed by atoms with E-state index in [1.54, 1.807) is 0 Å². The van der Waals surface area contributed by atoms with Gasteiger partial charge in [-0.05, 0) is 56.5 Å². The quantitative estimate of drug-likeness (QED) is 0.746. The van der Waals surface area contributed by atoms with Crippen molar-refractivity contribution in [3.8, 4) is 16.3 Å². The van der Waals surface area contributed by atoms with E-state index in [0.29, 0.717) is 24.8 Å². The molecule has 1 aliphatic rings. The molecule has 1 heterocycles. The lowest BCUT2D eigenvalue weighted by molar-refractivity contribution is 0.0924. The van der Waals surface area contributed by atoms with Gasteiger partial charge in [-0.3, -0.25) is 4.79 Å². The number of amides is 1. The van der Waals surface area contributed by atoms with Gasteiger partial charge in [0, 0.05) is 17.0 Å². The molecule has 26 heavy (non-hydrogen) atoms. The van der Waals surface area contributed by atoms with Gasteiger partial charge in [0.25, 0.3) is 5.91 Å². The minimum atomic E-state index is -0.103. The van der Waals surface area contributed by atoms with E-state index in [4.69, 9.17) is 10.5 Å². The number of hydrogen-bond donors (Lipinski definition) is 2. The monoisotopic (exact) mass is 417 g/mol. The van der Waals surface area contributed by atoms with E-state index in [1.807, 2.05) is 36.6 Å². The summed E-state index contributed by atoms with van der Waals surface area (Å²) >= 11 is 1.48. The van der Waals surface area contributed by atoms with Gasteiger partial charge < -0.3 is 15.8 Å². The van der Waals surface area contributed by atoms with Crippen molar-refractivity contribution in [1.29, 1.82) is 0 Å². The van der Waals surface area contributed by atoms with Crippen molar-refractivity contribution in [2.45, 2.75) is 32.2 Å². The fourth-order valence-corrected chi connectivity index (χ4v) is 3.93. The molecule has 2 unspecified atom stereocenters. The fourth-order valence-electron chi connectivity index (χ4n) is 3.12. The second kappa shape index (κ2) is 10.7. The number of carbonyl (C=O) groups excluding carboxylic acids is 1. The number of carbonyl (C=O) groups is 1. The molecule has 1 fully saturated rings. The predicted octanol–water partition coefficient (Wildman–Crippen LogP) is 3.91. The minimum absolute atomic E-state index is 0. The van der Waals surface area contributed by atoms with Gasteiger partial charge in [0.05, 0.1) is 6.61 Å². The molecule has 144 valence electrons. The maximum Gasteiger partial charge on any atom is 0.271 e. The van der Waals surface area contributed by atoms with Crippen LogP contribution in [0.5, 0.6) is 5.75 Å². The van der Waals surface area contributed by atoms with Crippen molar-refractivity contribution in [3.63, 3.8) is 0 Å². The Kier molecular flexibility index (Phi) is 9.36. The Morgan fingerprint density at radius 1 is 1.31 bits per heavy atom. The SMILES string of the molecule is CCOc1ccc(-c2nc(C(=O)NC3CCCC3CN)cs2)cc1.Cl.Cl. The number of nitrogens with zero attached hydrogens (tertiary/aromatic N) is 1. The minimum Gasteiger partial charge on any atom is -0.494 e. The number of rotatable bonds is 6. The Labute approximate surface area is 170 Å². The van der Waals surface area contributed by atoms with Crippen molar-refractivity contribution in [1.82, 2.24) is 10.3 Å². The summed E-state index contributed by atoms with van der Waals surface area (Å²) in [6.07, 6.45) is 3.22. The topological polar surface area (TPSA) is 77.2 Å². The Balaban J connectivity index is 0.00000169. The molecule has 2 atom stereocenters. The van der Waals surface area contributed by atoms with Gasteiger partial charge in [0.2, 0.25) is 0 Å². The summed E-state index contributed by atoms with van der Waals surface area (Å²) in [5, 5.41) is 5.74. The van der Waals surface area contributed by atoms with E-state index in [2.05, 4.69) is 10.3 Å². The Hall–Kier alpha value is -1.34. The highest BCUT2D eigenvalue weighted by Crippen LogP contribution is 2.27. The molecule has 1 amide bonds. The predicted molar refractivity (Wildman–Crippen MR) is 111 cm³/mol. The molecule has 1 aromatic carbocycles. The van der Waals surface area contributed by atoms with Gasteiger partial charge in [0.1, 0.15) is 16.5 Å². The molecule has 0 saturated heterocycles. The molecule has 0 spiro atoms. The molecule has 1 saturated carbocycles. The lowest BCUT2D eigenvalue weighted by Crippen LogP contribution is -2.40. The Morgan fingerprint density at radius 3 is 2.69 bits per heavy atom. The Bertz CT molecular complexity index is 694. The zero-order chi connectivity index (χ0) is 16.9. The van der Waals surface area contributed by atoms with E-state index in [0.717, 1.165) is 35.6 Å². The molecule has 0 radical (unpaired) electrons. The fraction of sp³-hybridized carbons (Fsp3) is 0.444. The zero-order valence-electron chi connectivity index (χ0n) is 14.6. The highest BCUT2D eigenvalue weighted by atomic mass is 35.5. The van der Waals surface area contributed by atoms with Gasteiger partial charge in [-0.2, -0.15) is 0 Å². The number of benzene rings is 1. The van der Waals surface area contributed by atoms with Crippen LogP contribution in [0.4, 0.5) is 0 Å². The maximum absolute atomic E-state index is 12.4. The van der Waals surface area contributed by atoms with Crippen LogP contribution in [0.25, 0.3) is 10.6 Å². The van der Waals surface area contributed by atoms with Crippen LogP contribution in [0.2, 0.25) is 0 Å². The number of aromatic nitrogens is 1. The number of thiazole rings is 1. The first kappa shape index (κ1) is 22.7. The van der Waals surface area contributed by atoms with Crippen molar-refractivity contribution in [2.24, 2.45) is 11.7 Å². The third kappa shape index (κ3) is 5.33. The van der Waals surface area contributed by atoms with Crippen molar-refractivity contribution in [2.75, 3.05) is 13.2 Å². The van der Waals surface area contributed by atoms with E-state index >= 15 is 0 Å². The normalized spacial score (nSPS) is 18.5. The Morgan fingerprint density at radius 2 is 2.04 bits per heavy atom. The van der Waals surface area contributed by atoms with Crippen LogP contribution in [0.15, 0.2) is 29.6 Å². The van der Waals surface area contributed by atoms with Crippen LogP contribution >= 0.6 is 36.2 Å². The maximum atomic E-state index is 12.4. The second-order valence-corrected chi connectivity index (χ2v) is 6.86. The van der Waals surface area contributed by atoms with Crippen molar-refractivity contribution >= 4 is 42.1 Å². The summed E-state index contributed by atoms with van der Waals surface area (Å²) < 4.78 is 5.44. The van der Waals surface area contributed by atoms with Gasteiger partial charge in [-0.1, -0.05) is 6.42 Å². The lowest BCUT2D eigenvalue weighted by Gasteiger charge is -2.18. The number of halogens is 2. The highest BCUT2D eigenvalue weighted by molar-refractivity contribution is 7.13. The third-order valence-corrected chi connectivity index (χ3v) is 5.32. The molecular weight excluding hydrogens is 393 g/mol. The number of ether oxygens (including phenoxy) is 1. The molecule has 1 aliphatic carbocycles. The molecule has 1 aromatic heterocycles. The van der Waals surface area contributed by atoms with Gasteiger partial charge in [-0.15, -0.1) is 36.2 Å². The van der Waals surface area contributed by atoms with E-state index in [-0.39, 0.29) is 36.8 Å². The number of hydrogen-bond acceptors (Lipinski definition) is 5. The molecule has 5 nitrogen and oxygen atoms in total. The molecule has 2 aromatic rings. The molecular formula is C18H25Cl2N3O2S. The van der Waals surface area contributed by atoms with E-state index < -0.39 is 0 Å². The molecule has 0 bridgehead atoms. The molecule has 8 heteroatoms. The van der Waals surface area contributed by atoms with E-state index in [9.17, 15) is 4.79 Å². The van der Waals surface area contributed by atoms with Crippen molar-refractivity contribution < 1.29 is 9.53 Å². The van der Waals surface area contributed by atoms with Crippen LogP contribution < -0.4 is 15.8 Å². The number of nitrogens with two attached hydrogens (primary N) is 1. The lowest BCUT2D eigenvalue weighted by atomic mass is 10.0. The smallest absolute Gasteiger partial charge is 0.271 e. The highest BCUT2D eigenvalue weighted by Gasteiger charge is 2.28. The van der Waals surface area contributed by atoms with Gasteiger partial charge in [0.15, 0.2) is 0 Å². The number of nitrogens with one attached hydrogen (secondary N) is 1. The van der Waals surface area contributed by atoms with Crippen molar-refractivity contribution in [3.05, 3.63) is 35.3 Å². The van der Waals surface area contributed by atoms with E-state index in [1.165, 1.54) is 11.3 Å². The summed E-state index contributed by atoms with van der Waals surface area (Å²) in [6, 6.07) is 7.95. The van der Waals surface area contributed by atoms with Crippen LogP contribution in [-0.4, -0.2) is 30.1 Å². The first-order valence-corrected chi connectivity index (χ1v) is 9.29. The average Bonchev–Trinajstić information content (AvgIpc) is 3.25. The second-order valence-electron chi connectivity index (χ2n) is 6.00. The first-order valence-electron chi connectivity index (χ1n) is 8.41. The summed E-state index contributed by atoms with van der Waals surface area (Å²) in [5.41, 5.74) is 7.24. The molecule has 0 aliphatic heterocycles. The summed E-state index contributed by atoms with van der Waals surface area (Å²) in [5.74, 6) is 1.12. The summed E-state index contributed by atoms with van der Waals surface area (Å²) in [6.45, 7) is 3.23. The largest absolute Gasteiger partial charge is 0.494 e. The first-order chi connectivity index (χ1) is 11.7. The molecule has 3 N–H and O–H groups in total. The zero-order valence-corrected chi connectivity index (χ0v) is 17.1. The van der Waals surface area contributed by atoms with Gasteiger partial charge in [-0.25, -0.2) is 4.98 Å². The van der Waals surface area contributed by atoms with Crippen LogP contribution in [0, 0.1) is 5.92 Å². The van der Waals surface area contributed by atoms with Crippen LogP contribution in [0.1, 0.15) is 36.7 Å². The summed E-state index contributed by atoms with van der Waals surface area (Å²) in [4.78, 5) is 16.9. The van der Waals surface area contributed by atoms with Gasteiger partial charge >= 0.3 is 0 Å². The summed E-state index contributed by atoms with van der Waals surface area (Å²) in [7, 11) is 0.